The van der Waals surface area contributed by atoms with Gasteiger partial charge in [-0.3, -0.25) is 0 Å². The molecule has 0 saturated carbocycles. The predicted octanol–water partition coefficient (Wildman–Crippen LogP) is 2.72. The summed E-state index contributed by atoms with van der Waals surface area (Å²) in [6, 6.07) is 3.14. The highest BCUT2D eigenvalue weighted by Gasteiger charge is 2.15. The number of thioether (sulfide) groups is 1. The lowest BCUT2D eigenvalue weighted by Gasteiger charge is -2.29. The molecule has 0 bridgehead atoms. The zero-order valence-corrected chi connectivity index (χ0v) is 10.6. The SMILES string of the molecule is Nc1cc(F)c(Br)cc1N1CCSCC1. The second kappa shape index (κ2) is 4.61. The molecule has 1 aromatic rings. The van der Waals surface area contributed by atoms with Gasteiger partial charge in [-0.1, -0.05) is 0 Å². The Morgan fingerprint density at radius 2 is 2.00 bits per heavy atom. The van der Waals surface area contributed by atoms with Gasteiger partial charge in [0.1, 0.15) is 5.82 Å². The monoisotopic (exact) mass is 290 g/mol. The van der Waals surface area contributed by atoms with Crippen molar-refractivity contribution in [1.82, 2.24) is 0 Å². The summed E-state index contributed by atoms with van der Waals surface area (Å²) in [4.78, 5) is 2.20. The van der Waals surface area contributed by atoms with E-state index < -0.39 is 0 Å². The number of hydrogen-bond acceptors (Lipinski definition) is 3. The van der Waals surface area contributed by atoms with Crippen LogP contribution >= 0.6 is 27.7 Å². The summed E-state index contributed by atoms with van der Waals surface area (Å²) in [6.45, 7) is 1.96. The average Bonchev–Trinajstić information content (AvgIpc) is 2.25. The Morgan fingerprint density at radius 3 is 2.67 bits per heavy atom. The lowest BCUT2D eigenvalue weighted by atomic mass is 10.2. The van der Waals surface area contributed by atoms with E-state index >= 15 is 0 Å². The molecule has 0 radical (unpaired) electrons. The normalized spacial score (nSPS) is 16.8. The molecule has 2 rings (SSSR count). The van der Waals surface area contributed by atoms with Crippen LogP contribution in [0.1, 0.15) is 0 Å². The molecule has 2 N–H and O–H groups in total. The summed E-state index contributed by atoms with van der Waals surface area (Å²) in [7, 11) is 0. The first-order chi connectivity index (χ1) is 7.18. The van der Waals surface area contributed by atoms with Gasteiger partial charge in [0.15, 0.2) is 0 Å². The van der Waals surface area contributed by atoms with E-state index in [1.54, 1.807) is 6.07 Å². The van der Waals surface area contributed by atoms with E-state index in [4.69, 9.17) is 5.73 Å². The van der Waals surface area contributed by atoms with Crippen LogP contribution < -0.4 is 10.6 Å². The Bertz CT molecular complexity index is 367. The molecule has 1 fully saturated rings. The van der Waals surface area contributed by atoms with Crippen LogP contribution in [0.15, 0.2) is 16.6 Å². The first-order valence-electron chi connectivity index (χ1n) is 4.75. The Morgan fingerprint density at radius 1 is 1.33 bits per heavy atom. The summed E-state index contributed by atoms with van der Waals surface area (Å²) < 4.78 is 13.7. The van der Waals surface area contributed by atoms with Crippen LogP contribution in [0.4, 0.5) is 15.8 Å². The van der Waals surface area contributed by atoms with Crippen molar-refractivity contribution in [1.29, 1.82) is 0 Å². The number of hydrogen-bond donors (Lipinski definition) is 1. The van der Waals surface area contributed by atoms with Crippen molar-refractivity contribution in [3.63, 3.8) is 0 Å². The van der Waals surface area contributed by atoms with Gasteiger partial charge in [0, 0.05) is 30.7 Å². The molecule has 1 aliphatic heterocycles. The van der Waals surface area contributed by atoms with Gasteiger partial charge in [-0.05, 0) is 22.0 Å². The highest BCUT2D eigenvalue weighted by atomic mass is 79.9. The van der Waals surface area contributed by atoms with Gasteiger partial charge >= 0.3 is 0 Å². The Labute approximate surface area is 101 Å². The molecule has 2 nitrogen and oxygen atoms in total. The molecular formula is C10H12BrFN2S. The van der Waals surface area contributed by atoms with E-state index in [1.807, 2.05) is 11.8 Å². The van der Waals surface area contributed by atoms with E-state index in [1.165, 1.54) is 6.07 Å². The summed E-state index contributed by atoms with van der Waals surface area (Å²) >= 11 is 5.12. The van der Waals surface area contributed by atoms with Crippen LogP contribution in [0.5, 0.6) is 0 Å². The second-order valence-electron chi connectivity index (χ2n) is 3.42. The third-order valence-corrected chi connectivity index (χ3v) is 3.97. The maximum absolute atomic E-state index is 13.2. The molecule has 0 amide bonds. The topological polar surface area (TPSA) is 29.3 Å². The highest BCUT2D eigenvalue weighted by molar-refractivity contribution is 9.10. The van der Waals surface area contributed by atoms with Gasteiger partial charge in [0.25, 0.3) is 0 Å². The number of rotatable bonds is 1. The van der Waals surface area contributed by atoms with Crippen molar-refractivity contribution in [2.75, 3.05) is 35.2 Å². The van der Waals surface area contributed by atoms with Crippen LogP contribution in [0, 0.1) is 5.82 Å². The Balaban J connectivity index is 2.30. The summed E-state index contributed by atoms with van der Waals surface area (Å²) in [5, 5.41) is 0. The lowest BCUT2D eigenvalue weighted by molar-refractivity contribution is 0.621. The number of halogens is 2. The van der Waals surface area contributed by atoms with E-state index in [9.17, 15) is 4.39 Å². The van der Waals surface area contributed by atoms with Crippen LogP contribution in [0.25, 0.3) is 0 Å². The molecule has 0 aliphatic carbocycles. The van der Waals surface area contributed by atoms with Crippen molar-refractivity contribution >= 4 is 39.1 Å². The van der Waals surface area contributed by atoms with Gasteiger partial charge in [-0.15, -0.1) is 0 Å². The molecule has 1 aromatic carbocycles. The third-order valence-electron chi connectivity index (χ3n) is 2.42. The molecule has 1 aliphatic rings. The zero-order chi connectivity index (χ0) is 10.8. The summed E-state index contributed by atoms with van der Waals surface area (Å²) in [5.74, 6) is 1.91. The molecule has 82 valence electrons. The Hall–Kier alpha value is -0.420. The average molecular weight is 291 g/mol. The predicted molar refractivity (Wildman–Crippen MR) is 68.1 cm³/mol. The van der Waals surface area contributed by atoms with Gasteiger partial charge in [-0.25, -0.2) is 4.39 Å². The Kier molecular flexibility index (Phi) is 3.41. The van der Waals surface area contributed by atoms with E-state index in [2.05, 4.69) is 20.8 Å². The number of nitrogens with two attached hydrogens (primary N) is 1. The van der Waals surface area contributed by atoms with Gasteiger partial charge in [0.2, 0.25) is 0 Å². The molecule has 0 spiro atoms. The van der Waals surface area contributed by atoms with E-state index in [0.717, 1.165) is 30.3 Å². The van der Waals surface area contributed by atoms with E-state index in [-0.39, 0.29) is 5.82 Å². The molecule has 1 heterocycles. The third kappa shape index (κ3) is 2.39. The molecule has 0 unspecified atom stereocenters. The summed E-state index contributed by atoms with van der Waals surface area (Å²) in [6.07, 6.45) is 0. The highest BCUT2D eigenvalue weighted by Crippen LogP contribution is 2.31. The number of nitrogen functional groups attached to an aromatic ring is 1. The van der Waals surface area contributed by atoms with Crippen molar-refractivity contribution in [3.05, 3.63) is 22.4 Å². The van der Waals surface area contributed by atoms with E-state index in [0.29, 0.717) is 10.2 Å². The van der Waals surface area contributed by atoms with Crippen molar-refractivity contribution < 1.29 is 4.39 Å². The molecule has 15 heavy (non-hydrogen) atoms. The maximum Gasteiger partial charge on any atom is 0.139 e. The van der Waals surface area contributed by atoms with Crippen LogP contribution in [-0.4, -0.2) is 24.6 Å². The smallest absolute Gasteiger partial charge is 0.139 e. The number of benzene rings is 1. The zero-order valence-electron chi connectivity index (χ0n) is 8.17. The summed E-state index contributed by atoms with van der Waals surface area (Å²) in [5.41, 5.74) is 7.26. The van der Waals surface area contributed by atoms with Crippen molar-refractivity contribution in [2.24, 2.45) is 0 Å². The van der Waals surface area contributed by atoms with Gasteiger partial charge in [0.05, 0.1) is 15.8 Å². The fourth-order valence-electron chi connectivity index (χ4n) is 1.63. The fourth-order valence-corrected chi connectivity index (χ4v) is 2.86. The molecule has 0 aromatic heterocycles. The molecule has 0 atom stereocenters. The minimum atomic E-state index is -0.303. The molecule has 1 saturated heterocycles. The minimum Gasteiger partial charge on any atom is -0.397 e. The standard InChI is InChI=1S/C10H12BrFN2S/c11-7-5-10(9(13)6-8(7)12)14-1-3-15-4-2-14/h5-6H,1-4,13H2. The number of nitrogens with zero attached hydrogens (tertiary/aromatic N) is 1. The number of anilines is 2. The van der Waals surface area contributed by atoms with Crippen LogP contribution in [-0.2, 0) is 0 Å². The van der Waals surface area contributed by atoms with Crippen molar-refractivity contribution in [3.8, 4) is 0 Å². The first kappa shape index (κ1) is 11.1. The first-order valence-corrected chi connectivity index (χ1v) is 6.70. The molecule has 5 heteroatoms. The van der Waals surface area contributed by atoms with Gasteiger partial charge < -0.3 is 10.6 Å². The lowest BCUT2D eigenvalue weighted by Crippen LogP contribution is -2.33. The quantitative estimate of drug-likeness (QED) is 0.807. The van der Waals surface area contributed by atoms with Crippen LogP contribution in [0.3, 0.4) is 0 Å². The van der Waals surface area contributed by atoms with Crippen LogP contribution in [0.2, 0.25) is 0 Å². The largest absolute Gasteiger partial charge is 0.397 e. The molecular weight excluding hydrogens is 279 g/mol. The minimum absolute atomic E-state index is 0.303. The maximum atomic E-state index is 13.2. The van der Waals surface area contributed by atoms with Gasteiger partial charge in [-0.2, -0.15) is 11.8 Å². The fraction of sp³-hybridized carbons (Fsp3) is 0.400. The van der Waals surface area contributed by atoms with Crippen molar-refractivity contribution in [2.45, 2.75) is 0 Å². The second-order valence-corrected chi connectivity index (χ2v) is 5.50.